The van der Waals surface area contributed by atoms with Crippen LogP contribution in [0.15, 0.2) is 24.3 Å². The minimum atomic E-state index is 0.192. The highest BCUT2D eigenvalue weighted by atomic mass is 16.1. The maximum absolute atomic E-state index is 11.5. The molecule has 0 aromatic heterocycles. The Morgan fingerprint density at radius 3 is 1.95 bits per heavy atom. The third-order valence-electron chi connectivity index (χ3n) is 3.62. The number of unbranched alkanes of at least 4 members (excludes halogenated alkanes) is 2. The molecule has 106 valence electrons. The van der Waals surface area contributed by atoms with E-state index in [0.29, 0.717) is 5.78 Å². The Bertz CT molecular complexity index is 362. The van der Waals surface area contributed by atoms with Gasteiger partial charge in [-0.3, -0.25) is 4.79 Å². The van der Waals surface area contributed by atoms with Crippen molar-refractivity contribution in [3.8, 4) is 0 Å². The van der Waals surface area contributed by atoms with Gasteiger partial charge in [0.15, 0.2) is 0 Å². The van der Waals surface area contributed by atoms with Crippen LogP contribution in [0.5, 0.6) is 0 Å². The lowest BCUT2D eigenvalue weighted by Crippen LogP contribution is -2.06. The SMILES string of the molecule is CCCCc1ccc(CCCCC(=O)C(C)C)cc1. The van der Waals surface area contributed by atoms with Gasteiger partial charge in [-0.1, -0.05) is 51.5 Å². The Balaban J connectivity index is 2.24. The number of hydrogen-bond acceptors (Lipinski definition) is 1. The van der Waals surface area contributed by atoms with Gasteiger partial charge in [0.1, 0.15) is 5.78 Å². The fourth-order valence-corrected chi connectivity index (χ4v) is 2.17. The van der Waals surface area contributed by atoms with E-state index in [1.165, 1.54) is 30.4 Å². The summed E-state index contributed by atoms with van der Waals surface area (Å²) in [4.78, 5) is 11.5. The maximum atomic E-state index is 11.5. The molecule has 1 nitrogen and oxygen atoms in total. The third kappa shape index (κ3) is 6.56. The average Bonchev–Trinajstić information content (AvgIpc) is 2.42. The van der Waals surface area contributed by atoms with Crippen LogP contribution in [0.1, 0.15) is 64.0 Å². The first-order valence-corrected chi connectivity index (χ1v) is 7.74. The molecule has 0 spiro atoms. The molecule has 0 saturated heterocycles. The fraction of sp³-hybridized carbons (Fsp3) is 0.611. The molecule has 0 bridgehead atoms. The minimum Gasteiger partial charge on any atom is -0.299 e. The van der Waals surface area contributed by atoms with Gasteiger partial charge in [-0.2, -0.15) is 0 Å². The first-order chi connectivity index (χ1) is 9.13. The Hall–Kier alpha value is -1.11. The smallest absolute Gasteiger partial charge is 0.135 e. The second-order valence-electron chi connectivity index (χ2n) is 5.75. The Labute approximate surface area is 118 Å². The molecule has 0 aliphatic carbocycles. The van der Waals surface area contributed by atoms with Crippen molar-refractivity contribution in [2.75, 3.05) is 0 Å². The predicted molar refractivity (Wildman–Crippen MR) is 82.5 cm³/mol. The molecule has 0 unspecified atom stereocenters. The second kappa shape index (κ2) is 8.90. The summed E-state index contributed by atoms with van der Waals surface area (Å²) in [6.07, 6.45) is 7.70. The minimum absolute atomic E-state index is 0.192. The molecular formula is C18H28O. The second-order valence-corrected chi connectivity index (χ2v) is 5.75. The maximum Gasteiger partial charge on any atom is 0.135 e. The van der Waals surface area contributed by atoms with Gasteiger partial charge in [-0.05, 0) is 43.2 Å². The normalized spacial score (nSPS) is 10.9. The van der Waals surface area contributed by atoms with Gasteiger partial charge in [0.25, 0.3) is 0 Å². The van der Waals surface area contributed by atoms with Crippen LogP contribution in [0.3, 0.4) is 0 Å². The molecule has 0 atom stereocenters. The van der Waals surface area contributed by atoms with Crippen molar-refractivity contribution in [1.29, 1.82) is 0 Å². The summed E-state index contributed by atoms with van der Waals surface area (Å²) in [7, 11) is 0. The van der Waals surface area contributed by atoms with Crippen LogP contribution >= 0.6 is 0 Å². The van der Waals surface area contributed by atoms with Crippen LogP contribution in [0.4, 0.5) is 0 Å². The highest BCUT2D eigenvalue weighted by Gasteiger charge is 2.06. The zero-order valence-corrected chi connectivity index (χ0v) is 12.7. The van der Waals surface area contributed by atoms with Gasteiger partial charge in [0.2, 0.25) is 0 Å². The molecule has 0 fully saturated rings. The van der Waals surface area contributed by atoms with E-state index in [-0.39, 0.29) is 5.92 Å². The number of ketones is 1. The first-order valence-electron chi connectivity index (χ1n) is 7.74. The van der Waals surface area contributed by atoms with Crippen LogP contribution in [0.2, 0.25) is 0 Å². The van der Waals surface area contributed by atoms with Crippen molar-refractivity contribution in [2.24, 2.45) is 5.92 Å². The summed E-state index contributed by atoms with van der Waals surface area (Å²) in [5.41, 5.74) is 2.85. The molecule has 0 aliphatic rings. The fourth-order valence-electron chi connectivity index (χ4n) is 2.17. The van der Waals surface area contributed by atoms with Gasteiger partial charge in [0, 0.05) is 12.3 Å². The number of rotatable bonds is 9. The van der Waals surface area contributed by atoms with E-state index < -0.39 is 0 Å². The van der Waals surface area contributed by atoms with Crippen LogP contribution < -0.4 is 0 Å². The van der Waals surface area contributed by atoms with Crippen LogP contribution in [0, 0.1) is 5.92 Å². The van der Waals surface area contributed by atoms with Crippen molar-refractivity contribution in [2.45, 2.75) is 65.7 Å². The first kappa shape index (κ1) is 15.9. The molecule has 1 rings (SSSR count). The quantitative estimate of drug-likeness (QED) is 0.573. The molecule has 1 aromatic rings. The van der Waals surface area contributed by atoms with E-state index in [1.54, 1.807) is 0 Å². The summed E-state index contributed by atoms with van der Waals surface area (Å²) in [6, 6.07) is 9.00. The molecule has 0 N–H and O–H groups in total. The molecule has 0 saturated carbocycles. The van der Waals surface area contributed by atoms with Crippen LogP contribution in [0.25, 0.3) is 0 Å². The van der Waals surface area contributed by atoms with Crippen molar-refractivity contribution in [3.63, 3.8) is 0 Å². The van der Waals surface area contributed by atoms with E-state index in [4.69, 9.17) is 0 Å². The third-order valence-corrected chi connectivity index (χ3v) is 3.62. The summed E-state index contributed by atoms with van der Waals surface area (Å²) >= 11 is 0. The number of carbonyl (C=O) groups excluding carboxylic acids is 1. The lowest BCUT2D eigenvalue weighted by molar-refractivity contribution is -0.122. The van der Waals surface area contributed by atoms with Gasteiger partial charge in [0.05, 0.1) is 0 Å². The van der Waals surface area contributed by atoms with Crippen molar-refractivity contribution in [3.05, 3.63) is 35.4 Å². The van der Waals surface area contributed by atoms with Gasteiger partial charge in [-0.25, -0.2) is 0 Å². The number of Topliss-reactive ketones (excluding diaryl/α,β-unsaturated/α-hetero) is 1. The summed E-state index contributed by atoms with van der Waals surface area (Å²) in [6.45, 7) is 6.20. The van der Waals surface area contributed by atoms with Crippen molar-refractivity contribution >= 4 is 5.78 Å². The molecule has 19 heavy (non-hydrogen) atoms. The zero-order chi connectivity index (χ0) is 14.1. The molecule has 0 heterocycles. The highest BCUT2D eigenvalue weighted by Crippen LogP contribution is 2.12. The largest absolute Gasteiger partial charge is 0.299 e. The molecule has 1 aromatic carbocycles. The van der Waals surface area contributed by atoms with Crippen LogP contribution in [-0.4, -0.2) is 5.78 Å². The lowest BCUT2D eigenvalue weighted by Gasteiger charge is -2.05. The molecule has 1 heteroatoms. The summed E-state index contributed by atoms with van der Waals surface area (Å²) < 4.78 is 0. The van der Waals surface area contributed by atoms with E-state index >= 15 is 0 Å². The van der Waals surface area contributed by atoms with E-state index in [2.05, 4.69) is 31.2 Å². The molecule has 0 radical (unpaired) electrons. The topological polar surface area (TPSA) is 17.1 Å². The number of aryl methyl sites for hydroxylation is 2. The van der Waals surface area contributed by atoms with Crippen LogP contribution in [-0.2, 0) is 17.6 Å². The van der Waals surface area contributed by atoms with Gasteiger partial charge in [-0.15, -0.1) is 0 Å². The predicted octanol–water partition coefficient (Wildman–Crippen LogP) is 4.97. The number of carbonyl (C=O) groups is 1. The molecule has 0 aliphatic heterocycles. The van der Waals surface area contributed by atoms with E-state index in [0.717, 1.165) is 25.7 Å². The number of benzene rings is 1. The zero-order valence-electron chi connectivity index (χ0n) is 12.7. The lowest BCUT2D eigenvalue weighted by atomic mass is 10.00. The van der Waals surface area contributed by atoms with Crippen molar-refractivity contribution < 1.29 is 4.79 Å². The molecular weight excluding hydrogens is 232 g/mol. The van der Waals surface area contributed by atoms with Gasteiger partial charge < -0.3 is 0 Å². The Morgan fingerprint density at radius 2 is 1.47 bits per heavy atom. The van der Waals surface area contributed by atoms with E-state index in [1.807, 2.05) is 13.8 Å². The average molecular weight is 260 g/mol. The standard InChI is InChI=1S/C18H28O/c1-4-5-8-16-11-13-17(14-12-16)9-6-7-10-18(19)15(2)3/h11-15H,4-10H2,1-3H3. The Kier molecular flexibility index (Phi) is 7.47. The highest BCUT2D eigenvalue weighted by molar-refractivity contribution is 5.80. The monoisotopic (exact) mass is 260 g/mol. The van der Waals surface area contributed by atoms with Gasteiger partial charge >= 0.3 is 0 Å². The van der Waals surface area contributed by atoms with Crippen molar-refractivity contribution in [1.82, 2.24) is 0 Å². The Morgan fingerprint density at radius 1 is 0.947 bits per heavy atom. The van der Waals surface area contributed by atoms with E-state index in [9.17, 15) is 4.79 Å². The summed E-state index contributed by atoms with van der Waals surface area (Å²) in [5.74, 6) is 0.591. The summed E-state index contributed by atoms with van der Waals surface area (Å²) in [5, 5.41) is 0. The number of hydrogen-bond donors (Lipinski definition) is 0. The molecule has 0 amide bonds.